The number of alkyl halides is 3. The number of anilines is 1. The van der Waals surface area contributed by atoms with Crippen LogP contribution < -0.4 is 4.90 Å². The molecule has 0 bridgehead atoms. The second-order valence-electron chi connectivity index (χ2n) is 5.39. The lowest BCUT2D eigenvalue weighted by atomic mass is 10.2. The molecule has 26 heavy (non-hydrogen) atoms. The Balaban J connectivity index is 1.79. The van der Waals surface area contributed by atoms with Crippen LogP contribution in [0.2, 0.25) is 0 Å². The van der Waals surface area contributed by atoms with Gasteiger partial charge in [-0.25, -0.2) is 0 Å². The van der Waals surface area contributed by atoms with Crippen molar-refractivity contribution in [2.45, 2.75) is 19.6 Å². The third-order valence-corrected chi connectivity index (χ3v) is 3.51. The Morgan fingerprint density at radius 2 is 1.85 bits per heavy atom. The molecule has 0 N–H and O–H groups in total. The van der Waals surface area contributed by atoms with E-state index in [-0.39, 0.29) is 23.9 Å². The van der Waals surface area contributed by atoms with Crippen LogP contribution in [-0.2, 0) is 17.5 Å². The molecule has 0 saturated carbocycles. The first-order valence-corrected chi connectivity index (χ1v) is 7.54. The third-order valence-electron chi connectivity index (χ3n) is 3.51. The van der Waals surface area contributed by atoms with Gasteiger partial charge in [0, 0.05) is 18.8 Å². The highest BCUT2D eigenvalue weighted by molar-refractivity contribution is 5.91. The molecule has 0 aliphatic rings. The Morgan fingerprint density at radius 3 is 2.38 bits per heavy atom. The average Bonchev–Trinajstić information content (AvgIpc) is 3.11. The highest BCUT2D eigenvalue weighted by Crippen LogP contribution is 2.30. The zero-order valence-corrected chi connectivity index (χ0v) is 13.6. The Morgan fingerprint density at radius 1 is 1.12 bits per heavy atom. The average molecular weight is 362 g/mol. The van der Waals surface area contributed by atoms with E-state index in [2.05, 4.69) is 19.6 Å². The van der Waals surface area contributed by atoms with Crippen molar-refractivity contribution >= 4 is 11.6 Å². The van der Waals surface area contributed by atoms with Gasteiger partial charge in [-0.05, 0) is 24.3 Å². The lowest BCUT2D eigenvalue weighted by Gasteiger charge is -2.20. The number of carbonyl (C=O) groups is 1. The number of nitrogens with zero attached hydrogens (tertiary/aromatic N) is 4. The molecule has 3 rings (SSSR count). The number of aromatic nitrogens is 3. The lowest BCUT2D eigenvalue weighted by Crippen LogP contribution is -2.28. The topological polar surface area (TPSA) is 72.1 Å². The summed E-state index contributed by atoms with van der Waals surface area (Å²) in [6, 6.07) is 12.2. The quantitative estimate of drug-likeness (QED) is 0.708. The van der Waals surface area contributed by atoms with Gasteiger partial charge < -0.3 is 9.32 Å². The fourth-order valence-electron chi connectivity index (χ4n) is 2.25. The van der Waals surface area contributed by atoms with Gasteiger partial charge in [0.1, 0.15) is 0 Å². The van der Waals surface area contributed by atoms with E-state index in [9.17, 15) is 18.0 Å². The van der Waals surface area contributed by atoms with Gasteiger partial charge in [-0.2, -0.15) is 13.2 Å². The van der Waals surface area contributed by atoms with Crippen molar-refractivity contribution < 1.29 is 22.4 Å². The molecule has 0 fully saturated rings. The summed E-state index contributed by atoms with van der Waals surface area (Å²) in [6.07, 6.45) is -3.37. The zero-order valence-electron chi connectivity index (χ0n) is 13.6. The van der Waals surface area contributed by atoms with Crippen molar-refractivity contribution in [1.82, 2.24) is 15.2 Å². The van der Waals surface area contributed by atoms with E-state index in [0.717, 1.165) is 5.69 Å². The van der Waals surface area contributed by atoms with Crippen molar-refractivity contribution in [3.63, 3.8) is 0 Å². The van der Waals surface area contributed by atoms with Crippen molar-refractivity contribution in [1.29, 1.82) is 0 Å². The monoisotopic (exact) mass is 362 g/mol. The summed E-state index contributed by atoms with van der Waals surface area (Å²) in [5.41, 5.74) is 1.53. The minimum Gasteiger partial charge on any atom is -0.413 e. The number of hydrogen-bond acceptors (Lipinski definition) is 5. The molecule has 9 heteroatoms. The molecular formula is C17H13F3N4O2. The Hall–Kier alpha value is -3.23. The SMILES string of the molecule is CC(=O)N(Cc1ccc(-c2nnc(C(F)(F)F)o2)cn1)c1ccccc1. The first-order valence-electron chi connectivity index (χ1n) is 7.54. The van der Waals surface area contributed by atoms with E-state index in [4.69, 9.17) is 0 Å². The maximum Gasteiger partial charge on any atom is 0.470 e. The van der Waals surface area contributed by atoms with E-state index in [1.54, 1.807) is 18.2 Å². The fraction of sp³-hybridized carbons (Fsp3) is 0.176. The molecule has 1 amide bonds. The standard InChI is InChI=1S/C17H13F3N4O2/c1-11(25)24(14-5-3-2-4-6-14)10-13-8-7-12(9-21-13)15-22-23-16(26-15)17(18,19)20/h2-9H,10H2,1H3. The summed E-state index contributed by atoms with van der Waals surface area (Å²) in [5.74, 6) is -1.85. The minimum absolute atomic E-state index is 0.159. The van der Waals surface area contributed by atoms with Crippen molar-refractivity contribution in [2.24, 2.45) is 0 Å². The van der Waals surface area contributed by atoms with Crippen LogP contribution >= 0.6 is 0 Å². The minimum atomic E-state index is -4.70. The van der Waals surface area contributed by atoms with Gasteiger partial charge >= 0.3 is 12.1 Å². The molecule has 134 valence electrons. The van der Waals surface area contributed by atoms with Gasteiger partial charge in [-0.15, -0.1) is 10.2 Å². The second kappa shape index (κ2) is 6.95. The predicted octanol–water partition coefficient (Wildman–Crippen LogP) is 3.70. The van der Waals surface area contributed by atoms with Gasteiger partial charge in [-0.1, -0.05) is 18.2 Å². The van der Waals surface area contributed by atoms with Gasteiger partial charge in [0.05, 0.1) is 17.8 Å². The third kappa shape index (κ3) is 3.88. The maximum absolute atomic E-state index is 12.5. The Labute approximate surface area is 146 Å². The molecule has 0 radical (unpaired) electrons. The summed E-state index contributed by atoms with van der Waals surface area (Å²) in [4.78, 5) is 17.6. The predicted molar refractivity (Wildman–Crippen MR) is 85.8 cm³/mol. The number of benzene rings is 1. The van der Waals surface area contributed by atoms with Crippen LogP contribution in [0.5, 0.6) is 0 Å². The molecule has 0 aliphatic heterocycles. The molecule has 2 aromatic heterocycles. The molecule has 0 saturated heterocycles. The molecular weight excluding hydrogens is 349 g/mol. The highest BCUT2D eigenvalue weighted by Gasteiger charge is 2.38. The largest absolute Gasteiger partial charge is 0.470 e. The molecule has 0 aliphatic carbocycles. The van der Waals surface area contributed by atoms with Gasteiger partial charge in [0.25, 0.3) is 0 Å². The summed E-state index contributed by atoms with van der Waals surface area (Å²) < 4.78 is 42.1. The Kier molecular flexibility index (Phi) is 4.70. The molecule has 0 atom stereocenters. The normalized spacial score (nSPS) is 11.4. The first-order chi connectivity index (χ1) is 12.3. The number of halogens is 3. The Bertz CT molecular complexity index is 892. The molecule has 0 spiro atoms. The van der Waals surface area contributed by atoms with Crippen molar-refractivity contribution in [2.75, 3.05) is 4.90 Å². The number of hydrogen-bond donors (Lipinski definition) is 0. The number of amides is 1. The van der Waals surface area contributed by atoms with Gasteiger partial charge in [-0.3, -0.25) is 9.78 Å². The van der Waals surface area contributed by atoms with Crippen LogP contribution in [0.25, 0.3) is 11.5 Å². The van der Waals surface area contributed by atoms with Crippen molar-refractivity contribution in [3.05, 3.63) is 60.2 Å². The molecule has 6 nitrogen and oxygen atoms in total. The van der Waals surface area contributed by atoms with Crippen LogP contribution in [0.4, 0.5) is 18.9 Å². The van der Waals surface area contributed by atoms with Crippen LogP contribution in [-0.4, -0.2) is 21.1 Å². The van der Waals surface area contributed by atoms with Gasteiger partial charge in [0.15, 0.2) is 0 Å². The molecule has 3 aromatic rings. The first kappa shape index (κ1) is 17.6. The van der Waals surface area contributed by atoms with E-state index in [1.165, 1.54) is 24.1 Å². The van der Waals surface area contributed by atoms with Gasteiger partial charge in [0.2, 0.25) is 11.8 Å². The van der Waals surface area contributed by atoms with Crippen molar-refractivity contribution in [3.8, 4) is 11.5 Å². The summed E-state index contributed by atoms with van der Waals surface area (Å²) in [6.45, 7) is 1.66. The van der Waals surface area contributed by atoms with Crippen LogP contribution in [0.15, 0.2) is 53.1 Å². The fourth-order valence-corrected chi connectivity index (χ4v) is 2.25. The van der Waals surface area contributed by atoms with Crippen LogP contribution in [0.1, 0.15) is 18.5 Å². The number of rotatable bonds is 4. The summed E-state index contributed by atoms with van der Waals surface area (Å²) in [5, 5.41) is 6.35. The van der Waals surface area contributed by atoms with Crippen LogP contribution in [0, 0.1) is 0 Å². The maximum atomic E-state index is 12.5. The zero-order chi connectivity index (χ0) is 18.7. The molecule has 1 aromatic carbocycles. The summed E-state index contributed by atoms with van der Waals surface area (Å²) >= 11 is 0. The van der Waals surface area contributed by atoms with E-state index in [0.29, 0.717) is 5.69 Å². The van der Waals surface area contributed by atoms with E-state index >= 15 is 0 Å². The molecule has 2 heterocycles. The highest BCUT2D eigenvalue weighted by atomic mass is 19.4. The number of pyridine rings is 1. The number of carbonyl (C=O) groups excluding carboxylic acids is 1. The van der Waals surface area contributed by atoms with E-state index < -0.39 is 12.1 Å². The van der Waals surface area contributed by atoms with E-state index in [1.807, 2.05) is 18.2 Å². The van der Waals surface area contributed by atoms with Crippen LogP contribution in [0.3, 0.4) is 0 Å². The summed E-state index contributed by atoms with van der Waals surface area (Å²) in [7, 11) is 0. The molecule has 0 unspecified atom stereocenters. The smallest absolute Gasteiger partial charge is 0.413 e. The second-order valence-corrected chi connectivity index (χ2v) is 5.39. The number of para-hydroxylation sites is 1. The lowest BCUT2D eigenvalue weighted by molar-refractivity contribution is -0.156.